The zero-order valence-electron chi connectivity index (χ0n) is 10.1. The van der Waals surface area contributed by atoms with Gasteiger partial charge in [0, 0.05) is 18.2 Å². The number of methoxy groups -OCH3 is 1. The molecule has 0 aliphatic carbocycles. The summed E-state index contributed by atoms with van der Waals surface area (Å²) in [4.78, 5) is 25.2. The van der Waals surface area contributed by atoms with E-state index in [1.807, 2.05) is 13.2 Å². The van der Waals surface area contributed by atoms with Gasteiger partial charge in [0.15, 0.2) is 0 Å². The first-order valence-corrected chi connectivity index (χ1v) is 6.88. The van der Waals surface area contributed by atoms with Gasteiger partial charge in [0.05, 0.1) is 7.11 Å². The molecule has 92 valence electrons. The van der Waals surface area contributed by atoms with E-state index in [0.717, 1.165) is 18.6 Å². The predicted octanol–water partition coefficient (Wildman–Crippen LogP) is 1.15. The van der Waals surface area contributed by atoms with Crippen molar-refractivity contribution in [2.75, 3.05) is 25.7 Å². The van der Waals surface area contributed by atoms with E-state index in [2.05, 4.69) is 0 Å². The number of thioether (sulfide) groups is 1. The fourth-order valence-corrected chi connectivity index (χ4v) is 2.66. The van der Waals surface area contributed by atoms with Crippen molar-refractivity contribution in [2.45, 2.75) is 25.8 Å². The molecule has 0 unspecified atom stereocenters. The van der Waals surface area contributed by atoms with Crippen molar-refractivity contribution >= 4 is 23.6 Å². The molecule has 0 radical (unpaired) electrons. The van der Waals surface area contributed by atoms with Crippen LogP contribution in [0.1, 0.15) is 19.8 Å². The molecule has 1 aliphatic rings. The average Bonchev–Trinajstić information content (AvgIpc) is 2.76. The second kappa shape index (κ2) is 6.13. The van der Waals surface area contributed by atoms with Gasteiger partial charge >= 0.3 is 5.97 Å². The highest BCUT2D eigenvalue weighted by Gasteiger charge is 2.36. The number of rotatable bonds is 4. The van der Waals surface area contributed by atoms with Crippen LogP contribution in [0.5, 0.6) is 0 Å². The van der Waals surface area contributed by atoms with Crippen molar-refractivity contribution in [2.24, 2.45) is 5.92 Å². The molecule has 1 rings (SSSR count). The van der Waals surface area contributed by atoms with Gasteiger partial charge in [0.2, 0.25) is 5.91 Å². The van der Waals surface area contributed by atoms with E-state index >= 15 is 0 Å². The minimum absolute atomic E-state index is 0.0275. The molecule has 0 bridgehead atoms. The van der Waals surface area contributed by atoms with Gasteiger partial charge < -0.3 is 9.64 Å². The normalized spacial score (nSPS) is 21.9. The summed E-state index contributed by atoms with van der Waals surface area (Å²) in [5.74, 6) is 0.549. The highest BCUT2D eigenvalue weighted by atomic mass is 32.2. The summed E-state index contributed by atoms with van der Waals surface area (Å²) in [6.45, 7) is 2.59. The first kappa shape index (κ1) is 13.4. The lowest BCUT2D eigenvalue weighted by molar-refractivity contribution is -0.151. The van der Waals surface area contributed by atoms with Gasteiger partial charge in [-0.3, -0.25) is 4.79 Å². The molecule has 1 amide bonds. The maximum atomic E-state index is 12.1. The molecule has 16 heavy (non-hydrogen) atoms. The third-order valence-electron chi connectivity index (χ3n) is 2.85. The Bertz CT molecular complexity index is 270. The zero-order chi connectivity index (χ0) is 12.1. The van der Waals surface area contributed by atoms with Crippen LogP contribution >= 0.6 is 11.8 Å². The quantitative estimate of drug-likeness (QED) is 0.697. The zero-order valence-corrected chi connectivity index (χ0v) is 10.9. The smallest absolute Gasteiger partial charge is 0.328 e. The monoisotopic (exact) mass is 245 g/mol. The summed E-state index contributed by atoms with van der Waals surface area (Å²) in [6, 6.07) is -0.359. The Labute approximate surface area is 101 Å². The predicted molar refractivity (Wildman–Crippen MR) is 64.3 cm³/mol. The lowest BCUT2D eigenvalue weighted by atomic mass is 10.1. The second-order valence-corrected chi connectivity index (χ2v) is 4.98. The Hall–Kier alpha value is -0.710. The minimum atomic E-state index is -0.359. The first-order valence-electron chi connectivity index (χ1n) is 5.49. The number of hydrogen-bond donors (Lipinski definition) is 0. The van der Waals surface area contributed by atoms with Crippen LogP contribution in [0, 0.1) is 5.92 Å². The van der Waals surface area contributed by atoms with E-state index in [1.54, 1.807) is 16.7 Å². The van der Waals surface area contributed by atoms with E-state index in [4.69, 9.17) is 4.74 Å². The largest absolute Gasteiger partial charge is 0.467 e. The summed E-state index contributed by atoms with van der Waals surface area (Å²) >= 11 is 1.65. The van der Waals surface area contributed by atoms with E-state index < -0.39 is 0 Å². The molecule has 1 saturated heterocycles. The molecule has 0 N–H and O–H groups in total. The molecule has 5 heteroatoms. The Kier molecular flexibility index (Phi) is 5.12. The molecule has 0 spiro atoms. The number of nitrogens with zero attached hydrogens (tertiary/aromatic N) is 1. The molecule has 1 fully saturated rings. The molecule has 1 heterocycles. The maximum Gasteiger partial charge on any atom is 0.328 e. The van der Waals surface area contributed by atoms with Crippen LogP contribution in [0.3, 0.4) is 0 Å². The Morgan fingerprint density at radius 2 is 2.25 bits per heavy atom. The summed E-state index contributed by atoms with van der Waals surface area (Å²) in [6.07, 6.45) is 3.59. The van der Waals surface area contributed by atoms with Gasteiger partial charge in [0.25, 0.3) is 0 Å². The second-order valence-electron chi connectivity index (χ2n) is 4.07. The Morgan fingerprint density at radius 3 is 2.81 bits per heavy atom. The standard InChI is InChI=1S/C11H19NO3S/c1-8(7-16-3)10(13)12-6-4-5-9(12)11(14)15-2/h8-9H,4-7H2,1-3H3/t8-,9+/m0/s1. The van der Waals surface area contributed by atoms with Crippen LogP contribution in [0.4, 0.5) is 0 Å². The van der Waals surface area contributed by atoms with Crippen LogP contribution in [-0.2, 0) is 14.3 Å². The third-order valence-corrected chi connectivity index (χ3v) is 3.68. The number of carbonyl (C=O) groups excluding carboxylic acids is 2. The number of amides is 1. The molecule has 0 aromatic heterocycles. The van der Waals surface area contributed by atoms with Gasteiger partial charge in [0.1, 0.15) is 6.04 Å². The van der Waals surface area contributed by atoms with Crippen LogP contribution in [0.15, 0.2) is 0 Å². The molecule has 1 aliphatic heterocycles. The van der Waals surface area contributed by atoms with Crippen molar-refractivity contribution in [3.05, 3.63) is 0 Å². The van der Waals surface area contributed by atoms with E-state index in [-0.39, 0.29) is 23.8 Å². The van der Waals surface area contributed by atoms with E-state index in [1.165, 1.54) is 7.11 Å². The Balaban J connectivity index is 2.64. The van der Waals surface area contributed by atoms with Gasteiger partial charge in [-0.25, -0.2) is 4.79 Å². The number of hydrogen-bond acceptors (Lipinski definition) is 4. The molecular weight excluding hydrogens is 226 g/mol. The highest BCUT2D eigenvalue weighted by molar-refractivity contribution is 7.98. The van der Waals surface area contributed by atoms with Crippen LogP contribution < -0.4 is 0 Å². The first-order chi connectivity index (χ1) is 7.61. The molecule has 0 aromatic carbocycles. The lowest BCUT2D eigenvalue weighted by Crippen LogP contribution is -2.43. The van der Waals surface area contributed by atoms with Crippen molar-refractivity contribution < 1.29 is 14.3 Å². The molecule has 4 nitrogen and oxygen atoms in total. The highest BCUT2D eigenvalue weighted by Crippen LogP contribution is 2.21. The number of esters is 1. The number of carbonyl (C=O) groups is 2. The maximum absolute atomic E-state index is 12.1. The minimum Gasteiger partial charge on any atom is -0.467 e. The summed E-state index contributed by atoms with van der Waals surface area (Å²) < 4.78 is 4.72. The topological polar surface area (TPSA) is 46.6 Å². The SMILES string of the molecule is COC(=O)[C@H]1CCCN1C(=O)[C@@H](C)CSC. The van der Waals surface area contributed by atoms with E-state index in [0.29, 0.717) is 6.54 Å². The summed E-state index contributed by atoms with van der Waals surface area (Å²) in [5, 5.41) is 0. The van der Waals surface area contributed by atoms with Gasteiger partial charge in [-0.2, -0.15) is 11.8 Å². The summed E-state index contributed by atoms with van der Waals surface area (Å²) in [5.41, 5.74) is 0. The molecule has 0 saturated carbocycles. The lowest BCUT2D eigenvalue weighted by Gasteiger charge is -2.25. The van der Waals surface area contributed by atoms with Gasteiger partial charge in [-0.1, -0.05) is 6.92 Å². The molecule has 2 atom stereocenters. The third kappa shape index (κ3) is 2.90. The number of likely N-dealkylation sites (tertiary alicyclic amines) is 1. The van der Waals surface area contributed by atoms with Crippen molar-refractivity contribution in [1.82, 2.24) is 4.90 Å². The summed E-state index contributed by atoms with van der Waals surface area (Å²) in [7, 11) is 1.37. The molecule has 0 aromatic rings. The van der Waals surface area contributed by atoms with Gasteiger partial charge in [-0.05, 0) is 19.1 Å². The fourth-order valence-electron chi connectivity index (χ4n) is 2.02. The van der Waals surface area contributed by atoms with Crippen molar-refractivity contribution in [3.63, 3.8) is 0 Å². The van der Waals surface area contributed by atoms with Crippen LogP contribution in [0.2, 0.25) is 0 Å². The van der Waals surface area contributed by atoms with Gasteiger partial charge in [-0.15, -0.1) is 0 Å². The van der Waals surface area contributed by atoms with Crippen LogP contribution in [-0.4, -0.2) is 48.5 Å². The number of ether oxygens (including phenoxy) is 1. The molecular formula is C11H19NO3S. The fraction of sp³-hybridized carbons (Fsp3) is 0.818. The van der Waals surface area contributed by atoms with Crippen molar-refractivity contribution in [1.29, 1.82) is 0 Å². The van der Waals surface area contributed by atoms with Crippen molar-refractivity contribution in [3.8, 4) is 0 Å². The van der Waals surface area contributed by atoms with E-state index in [9.17, 15) is 9.59 Å². The van der Waals surface area contributed by atoms with Crippen LogP contribution in [0.25, 0.3) is 0 Å². The Morgan fingerprint density at radius 1 is 1.56 bits per heavy atom. The average molecular weight is 245 g/mol.